The summed E-state index contributed by atoms with van der Waals surface area (Å²) >= 11 is 0. The standard InChI is InChI=1S/C63H67N3O15/c1-31-15-14-16-32(2)61(73)65-52-56(71)49-48(50-58(36(6)55(49)70)81-63(8,60(50)72)77-28-25-46(75-9)33(3)57(78-37(7)67)35(5)54(69)34(4)53(31)68)51-59(52)80-47-29-39(21-22-45(47)64-51)79-38-23-26-66(27-24-38)62(74)76-30-44-42-19-12-10-17-40(42)41-18-11-13-20-43(41)44/h10-22,25,28-29,31,33-35,38,44,46,53-54,57,68-69,71H,23-24,26-27,30H2,1-9H3,(H,65,73)/b15-14+,28-25+,32-16-/t31-,33+,34+,35+,46-,53-,54+,57+,63-/m0/s1. The first-order valence-electron chi connectivity index (χ1n) is 27.4. The van der Waals surface area contributed by atoms with Crippen LogP contribution in [0.5, 0.6) is 17.2 Å². The number of carbonyl (C=O) groups is 4. The number of phenolic OH excluding ortho intramolecular Hbond substituents is 1. The van der Waals surface area contributed by atoms with Crippen LogP contribution in [0.4, 0.5) is 10.5 Å². The number of Topliss-reactive ketones (excluding diaryl/α,β-unsaturated/α-hetero) is 1. The van der Waals surface area contributed by atoms with Crippen LogP contribution in [0.2, 0.25) is 0 Å². The zero-order valence-electron chi connectivity index (χ0n) is 46.7. The Morgan fingerprint density at radius 2 is 1.56 bits per heavy atom. The van der Waals surface area contributed by atoms with Crippen LogP contribution in [0.15, 0.2) is 112 Å². The molecule has 5 aromatic carbocycles. The van der Waals surface area contributed by atoms with E-state index in [-0.39, 0.29) is 79.7 Å². The maximum atomic E-state index is 14.9. The van der Waals surface area contributed by atoms with Gasteiger partial charge in [0.1, 0.15) is 47.0 Å². The van der Waals surface area contributed by atoms with Gasteiger partial charge in [-0.05, 0) is 54.3 Å². The zero-order valence-corrected chi connectivity index (χ0v) is 46.7. The second-order valence-electron chi connectivity index (χ2n) is 22.0. The number of rotatable bonds is 6. The number of hydrogen-bond donors (Lipinski definition) is 4. The number of carbonyl (C=O) groups excluding carboxylic acids is 4. The fraction of sp³-hybridized carbons (Fsp3) is 0.397. The average molecular weight is 1110 g/mol. The molecule has 18 heteroatoms. The topological polar surface area (TPSA) is 243 Å². The molecule has 6 aromatic rings. The smallest absolute Gasteiger partial charge is 0.409 e. The highest BCUT2D eigenvalue weighted by molar-refractivity contribution is 6.26. The second-order valence-corrected chi connectivity index (χ2v) is 22.0. The molecule has 0 spiro atoms. The van der Waals surface area contributed by atoms with E-state index in [1.807, 2.05) is 24.3 Å². The third kappa shape index (κ3) is 10.4. The van der Waals surface area contributed by atoms with Crippen LogP contribution in [0.25, 0.3) is 44.1 Å². The van der Waals surface area contributed by atoms with Gasteiger partial charge >= 0.3 is 17.8 Å². The third-order valence-electron chi connectivity index (χ3n) is 16.6. The van der Waals surface area contributed by atoms with Gasteiger partial charge in [0.15, 0.2) is 22.3 Å². The SMILES string of the molecule is CO[C@H]1/C=C/O[C@@]2(C)Oc3c(C)c(=O)c4c(O)c(c5oc6cc(OC7CCN(C(=O)OCC8c9ccccc9-c9ccccc98)CC7)ccc6nc5c4c3C2=O)NC(=O)/C(C)=C\C=C\[C@H](C)[C@H](O)[C@@H](C)[C@@H](O)[C@@H](C)[C@H](OC(C)=O)[C@@H]1C. The summed E-state index contributed by atoms with van der Waals surface area (Å²) in [4.78, 5) is 76.3. The lowest BCUT2D eigenvalue weighted by molar-refractivity contribution is -0.160. The summed E-state index contributed by atoms with van der Waals surface area (Å²) in [7, 11) is 1.44. The maximum absolute atomic E-state index is 14.9. The molecule has 18 nitrogen and oxygen atoms in total. The van der Waals surface area contributed by atoms with Crippen molar-refractivity contribution in [1.29, 1.82) is 0 Å². The average Bonchev–Trinajstić information content (AvgIpc) is 2.52. The lowest BCUT2D eigenvalue weighted by Crippen LogP contribution is -2.46. The summed E-state index contributed by atoms with van der Waals surface area (Å²) in [5.74, 6) is -7.18. The molecule has 1 aromatic heterocycles. The Bertz CT molecular complexity index is 3610. The Labute approximate surface area is 467 Å². The van der Waals surface area contributed by atoms with Crippen molar-refractivity contribution in [3.8, 4) is 28.4 Å². The van der Waals surface area contributed by atoms with E-state index in [0.29, 0.717) is 31.7 Å². The highest BCUT2D eigenvalue weighted by atomic mass is 16.7. The number of aromatic nitrogens is 1. The number of aliphatic hydroxyl groups is 2. The minimum absolute atomic E-state index is 0.0323. The molecule has 1 saturated heterocycles. The van der Waals surface area contributed by atoms with Crippen molar-refractivity contribution >= 4 is 62.4 Å². The first-order chi connectivity index (χ1) is 38.7. The molecule has 10 rings (SSSR count). The fourth-order valence-corrected chi connectivity index (χ4v) is 11.9. The number of allylic oxidation sites excluding steroid dienone is 2. The first kappa shape index (κ1) is 56.2. The number of amides is 2. The third-order valence-corrected chi connectivity index (χ3v) is 16.6. The van der Waals surface area contributed by atoms with Crippen LogP contribution in [0.1, 0.15) is 94.3 Å². The molecule has 0 unspecified atom stereocenters. The van der Waals surface area contributed by atoms with Gasteiger partial charge in [-0.1, -0.05) is 94.5 Å². The molecule has 4 aliphatic rings. The molecule has 9 atom stereocenters. The van der Waals surface area contributed by atoms with E-state index < -0.39 is 88.8 Å². The number of aliphatic hydroxyl groups excluding tert-OH is 2. The monoisotopic (exact) mass is 1110 g/mol. The number of nitrogens with one attached hydrogen (secondary N) is 1. The van der Waals surface area contributed by atoms with Gasteiger partial charge in [-0.25, -0.2) is 9.78 Å². The molecule has 0 saturated carbocycles. The van der Waals surface area contributed by atoms with E-state index in [4.69, 9.17) is 37.8 Å². The van der Waals surface area contributed by atoms with Crippen molar-refractivity contribution in [3.05, 3.63) is 135 Å². The molecule has 4 heterocycles. The number of methoxy groups -OCH3 is 1. The molecule has 3 aliphatic heterocycles. The molecule has 4 bridgehead atoms. The number of phenols is 1. The van der Waals surface area contributed by atoms with Gasteiger partial charge in [0, 0.05) is 99.1 Å². The first-order valence-corrected chi connectivity index (χ1v) is 27.4. The van der Waals surface area contributed by atoms with Crippen LogP contribution in [0.3, 0.4) is 0 Å². The maximum Gasteiger partial charge on any atom is 0.409 e. The zero-order chi connectivity index (χ0) is 57.8. The summed E-state index contributed by atoms with van der Waals surface area (Å²) in [6.07, 6.45) is 3.81. The van der Waals surface area contributed by atoms with E-state index in [1.165, 1.54) is 53.2 Å². The number of aromatic hydroxyl groups is 1. The molecular weight excluding hydrogens is 1040 g/mol. The molecule has 2 amide bonds. The number of nitrogens with zero attached hydrogens (tertiary/aromatic N) is 2. The van der Waals surface area contributed by atoms with Crippen LogP contribution in [-0.4, -0.2) is 112 Å². The number of fused-ring (bicyclic) bond motifs is 5. The van der Waals surface area contributed by atoms with E-state index in [9.17, 15) is 39.3 Å². The minimum Gasteiger partial charge on any atom is -0.505 e. The second kappa shape index (κ2) is 22.5. The molecule has 81 heavy (non-hydrogen) atoms. The van der Waals surface area contributed by atoms with Crippen LogP contribution >= 0.6 is 0 Å². The van der Waals surface area contributed by atoms with Crippen LogP contribution < -0.4 is 20.2 Å². The number of anilines is 1. The Morgan fingerprint density at radius 3 is 2.22 bits per heavy atom. The molecule has 4 N–H and O–H groups in total. The minimum atomic E-state index is -2.09. The highest BCUT2D eigenvalue weighted by Gasteiger charge is 2.50. The number of ether oxygens (including phenoxy) is 6. The van der Waals surface area contributed by atoms with E-state index in [0.717, 1.165) is 22.3 Å². The molecule has 0 radical (unpaired) electrons. The van der Waals surface area contributed by atoms with E-state index >= 15 is 0 Å². The van der Waals surface area contributed by atoms with E-state index in [1.54, 1.807) is 62.9 Å². The Balaban J connectivity index is 0.977. The van der Waals surface area contributed by atoms with Crippen molar-refractivity contribution in [2.24, 2.45) is 23.7 Å². The fourth-order valence-electron chi connectivity index (χ4n) is 11.9. The Morgan fingerprint density at radius 1 is 0.877 bits per heavy atom. The quantitative estimate of drug-likeness (QED) is 0.0525. The number of piperidine rings is 1. The molecule has 424 valence electrons. The van der Waals surface area contributed by atoms with Gasteiger partial charge in [0.05, 0.1) is 35.5 Å². The van der Waals surface area contributed by atoms with Crippen molar-refractivity contribution in [2.45, 2.75) is 110 Å². The van der Waals surface area contributed by atoms with Gasteiger partial charge in [-0.3, -0.25) is 19.2 Å². The van der Waals surface area contributed by atoms with Crippen molar-refractivity contribution < 1.29 is 67.3 Å². The van der Waals surface area contributed by atoms with Crippen molar-refractivity contribution in [1.82, 2.24) is 9.88 Å². The molecular formula is C63H67N3O15. The van der Waals surface area contributed by atoms with Crippen LogP contribution in [-0.2, 0) is 28.5 Å². The molecule has 1 fully saturated rings. The Kier molecular flexibility index (Phi) is 15.6. The largest absolute Gasteiger partial charge is 0.505 e. The lowest BCUT2D eigenvalue weighted by Gasteiger charge is -2.38. The number of benzene rings is 5. The number of likely N-dealkylation sites (tertiary alicyclic amines) is 1. The van der Waals surface area contributed by atoms with Gasteiger partial charge in [0.2, 0.25) is 0 Å². The summed E-state index contributed by atoms with van der Waals surface area (Å²) in [6.45, 7) is 13.5. The summed E-state index contributed by atoms with van der Waals surface area (Å²) in [5.41, 5.74) is 3.73. The van der Waals surface area contributed by atoms with Crippen molar-refractivity contribution in [2.75, 3.05) is 32.1 Å². The number of ketones is 1. The summed E-state index contributed by atoms with van der Waals surface area (Å²) < 4.78 is 43.0. The van der Waals surface area contributed by atoms with Gasteiger partial charge in [-0.2, -0.15) is 0 Å². The Hall–Kier alpha value is -8.06. The van der Waals surface area contributed by atoms with Crippen molar-refractivity contribution in [3.63, 3.8) is 0 Å². The van der Waals surface area contributed by atoms with Gasteiger partial charge in [0.25, 0.3) is 11.7 Å². The summed E-state index contributed by atoms with van der Waals surface area (Å²) in [5, 5.41) is 37.8. The number of esters is 1. The molecule has 1 aliphatic carbocycles. The predicted octanol–water partition coefficient (Wildman–Crippen LogP) is 9.79. The van der Waals surface area contributed by atoms with E-state index in [2.05, 4.69) is 29.6 Å². The van der Waals surface area contributed by atoms with Gasteiger partial charge in [-0.15, -0.1) is 0 Å². The van der Waals surface area contributed by atoms with Crippen LogP contribution in [0, 0.1) is 30.6 Å². The lowest BCUT2D eigenvalue weighted by atomic mass is 9.78. The van der Waals surface area contributed by atoms with Gasteiger partial charge < -0.3 is 58.4 Å². The predicted molar refractivity (Wildman–Crippen MR) is 302 cm³/mol. The normalized spacial score (nSPS) is 27.0. The summed E-state index contributed by atoms with van der Waals surface area (Å²) in [6, 6.07) is 21.3. The highest BCUT2D eigenvalue weighted by Crippen LogP contribution is 2.49. The number of hydrogen-bond acceptors (Lipinski definition) is 16.